The third-order valence-corrected chi connectivity index (χ3v) is 18.2. The molecule has 55 heavy (non-hydrogen) atoms. The van der Waals surface area contributed by atoms with Crippen molar-refractivity contribution in [3.63, 3.8) is 0 Å². The third-order valence-electron chi connectivity index (χ3n) is 17.9. The number of carboxylic acids is 1. The highest BCUT2D eigenvalue weighted by Crippen LogP contribution is 2.81. The van der Waals surface area contributed by atoms with Crippen LogP contribution in [0.3, 0.4) is 0 Å². The molecular weight excluding hydrogens is 704 g/mol. The van der Waals surface area contributed by atoms with Crippen molar-refractivity contribution in [1.82, 2.24) is 14.8 Å². The fraction of sp³-hybridized carbons (Fsp3) is 0.787. The van der Waals surface area contributed by atoms with E-state index in [2.05, 4.69) is 80.0 Å². The Labute approximate surface area is 337 Å². The molecule has 8 heteroatoms. The maximum absolute atomic E-state index is 11.8. The Morgan fingerprint density at radius 1 is 1.04 bits per heavy atom. The van der Waals surface area contributed by atoms with Crippen LogP contribution in [0.25, 0.3) is 0 Å². The van der Waals surface area contributed by atoms with Crippen LogP contribution in [0, 0.1) is 55.7 Å². The number of carboxylic acid groups (broad SMARTS) is 1. The topological polar surface area (TPSA) is 89.6 Å². The summed E-state index contributed by atoms with van der Waals surface area (Å²) in [6, 6.07) is 0. The fourth-order valence-electron chi connectivity index (χ4n) is 14.4. The molecule has 1 aliphatic heterocycles. The van der Waals surface area contributed by atoms with E-state index in [9.17, 15) is 9.90 Å². The minimum absolute atomic E-state index is 0.0239. The molecule has 6 unspecified atom stereocenters. The largest absolute Gasteiger partial charge is 0.481 e. The first-order valence-electron chi connectivity index (χ1n) is 21.6. The summed E-state index contributed by atoms with van der Waals surface area (Å²) in [7, 11) is 2.13. The molecule has 1 aromatic heterocycles. The van der Waals surface area contributed by atoms with Gasteiger partial charge in [-0.3, -0.25) is 9.79 Å². The van der Waals surface area contributed by atoms with Crippen LogP contribution < -0.4 is 0 Å². The molecule has 7 nitrogen and oxygen atoms in total. The molecule has 4 fully saturated rings. The number of allylic oxidation sites excluding steroid dienone is 5. The second kappa shape index (κ2) is 13.7. The van der Waals surface area contributed by atoms with Crippen LogP contribution in [0.4, 0.5) is 0 Å². The fourth-order valence-corrected chi connectivity index (χ4v) is 14.6. The molecule has 0 amide bonds. The van der Waals surface area contributed by atoms with Crippen molar-refractivity contribution < 1.29 is 14.6 Å². The smallest absolute Gasteiger partial charge is 0.309 e. The van der Waals surface area contributed by atoms with Crippen LogP contribution in [0.2, 0.25) is 0 Å². The van der Waals surface area contributed by atoms with E-state index >= 15 is 0 Å². The second-order valence-electron chi connectivity index (χ2n) is 21.4. The lowest BCUT2D eigenvalue weighted by Crippen LogP contribution is -2.68. The lowest BCUT2D eigenvalue weighted by Gasteiger charge is -2.75. The summed E-state index contributed by atoms with van der Waals surface area (Å²) in [4.78, 5) is 16.6. The standard InChI is InChI=1S/C47H71ClN4O3/c1-13-30-26-47(27-36-50-51-39(52(36)12)32-15-14-31(48)28-49-32)23-22-46(11)44(9)20-16-33-42(6,7)35(55-25-24-41(4,5)40(53)54)18-19-43(33,8)34(44)17-21-45(46,10)38(47)37(30)29(2)3/h13-15,29,31,33-35H,16-28H2,1-12H3,(H,53,54)/t31?,33-,34+,35?,43?,44?,45?,46-,47?/m0/s1. The molecular formula is C47H71ClN4O3. The van der Waals surface area contributed by atoms with Crippen molar-refractivity contribution in [2.45, 2.75) is 158 Å². The van der Waals surface area contributed by atoms with Crippen molar-refractivity contribution in [3.05, 3.63) is 46.6 Å². The third kappa shape index (κ3) is 5.95. The van der Waals surface area contributed by atoms with Crippen molar-refractivity contribution >= 4 is 23.3 Å². The number of alkyl halides is 1. The van der Waals surface area contributed by atoms with Gasteiger partial charge in [0.25, 0.3) is 0 Å². The van der Waals surface area contributed by atoms with E-state index < -0.39 is 11.4 Å². The van der Waals surface area contributed by atoms with E-state index in [1.54, 1.807) is 16.7 Å². The van der Waals surface area contributed by atoms with E-state index in [4.69, 9.17) is 31.5 Å². The van der Waals surface area contributed by atoms with Crippen molar-refractivity contribution in [3.8, 4) is 0 Å². The van der Waals surface area contributed by atoms with Gasteiger partial charge in [0, 0.05) is 25.5 Å². The molecule has 6 aliphatic rings. The van der Waals surface area contributed by atoms with Crippen molar-refractivity contribution in [2.24, 2.45) is 67.7 Å². The monoisotopic (exact) mass is 775 g/mol. The number of hydrogen-bond acceptors (Lipinski definition) is 5. The Kier molecular flexibility index (Phi) is 10.2. The number of dihydropyridines is 1. The molecule has 304 valence electrons. The van der Waals surface area contributed by atoms with Gasteiger partial charge in [-0.2, -0.15) is 0 Å². The molecule has 0 radical (unpaired) electrons. The summed E-state index contributed by atoms with van der Waals surface area (Å²) < 4.78 is 8.88. The van der Waals surface area contributed by atoms with Gasteiger partial charge in [-0.15, -0.1) is 21.8 Å². The molecule has 1 aromatic rings. The summed E-state index contributed by atoms with van der Waals surface area (Å²) in [5.74, 6) is 2.84. The predicted molar refractivity (Wildman–Crippen MR) is 223 cm³/mol. The summed E-state index contributed by atoms with van der Waals surface area (Å²) in [6.07, 6.45) is 18.8. The van der Waals surface area contributed by atoms with E-state index in [0.29, 0.717) is 37.3 Å². The lowest BCUT2D eigenvalue weighted by atomic mass is 9.30. The lowest BCUT2D eigenvalue weighted by molar-refractivity contribution is -0.251. The van der Waals surface area contributed by atoms with E-state index in [-0.39, 0.29) is 44.0 Å². The number of hydrogen-bond donors (Lipinski definition) is 1. The number of fused-ring (bicyclic) bond motifs is 7. The summed E-state index contributed by atoms with van der Waals surface area (Å²) in [5.41, 5.74) is 5.79. The molecule has 0 saturated heterocycles. The highest BCUT2D eigenvalue weighted by atomic mass is 35.5. The number of ether oxygens (including phenoxy) is 1. The van der Waals surface area contributed by atoms with Crippen LogP contribution in [-0.2, 0) is 23.0 Å². The molecule has 2 heterocycles. The molecule has 1 N–H and O–H groups in total. The highest BCUT2D eigenvalue weighted by Gasteiger charge is 2.73. The number of nitrogens with zero attached hydrogens (tertiary/aromatic N) is 4. The number of aromatic nitrogens is 3. The summed E-state index contributed by atoms with van der Waals surface area (Å²) >= 11 is 6.33. The van der Waals surface area contributed by atoms with Gasteiger partial charge >= 0.3 is 5.97 Å². The maximum Gasteiger partial charge on any atom is 0.309 e. The van der Waals surface area contributed by atoms with Gasteiger partial charge in [0.1, 0.15) is 11.5 Å². The number of carbonyl (C=O) groups is 1. The van der Waals surface area contributed by atoms with Gasteiger partial charge in [-0.05, 0) is 147 Å². The molecule has 0 aromatic carbocycles. The van der Waals surface area contributed by atoms with Crippen molar-refractivity contribution in [1.29, 1.82) is 0 Å². The number of aliphatic imine (C=N–C) groups is 1. The van der Waals surface area contributed by atoms with Crippen LogP contribution in [0.1, 0.15) is 152 Å². The Bertz CT molecular complexity index is 1840. The number of aliphatic carboxylic acids is 1. The van der Waals surface area contributed by atoms with Crippen LogP contribution in [-0.4, -0.2) is 56.2 Å². The molecule has 0 spiro atoms. The van der Waals surface area contributed by atoms with Gasteiger partial charge < -0.3 is 14.4 Å². The van der Waals surface area contributed by atoms with Gasteiger partial charge in [0.2, 0.25) is 0 Å². The quantitative estimate of drug-likeness (QED) is 0.252. The zero-order chi connectivity index (χ0) is 40.1. The normalized spacial score (nSPS) is 40.5. The first-order valence-corrected chi connectivity index (χ1v) is 22.1. The van der Waals surface area contributed by atoms with E-state index in [0.717, 1.165) is 36.6 Å². The minimum Gasteiger partial charge on any atom is -0.481 e. The Balaban J connectivity index is 1.22. The van der Waals surface area contributed by atoms with E-state index in [1.807, 2.05) is 26.0 Å². The number of halogens is 1. The highest BCUT2D eigenvalue weighted by molar-refractivity contribution is 6.23. The first-order chi connectivity index (χ1) is 25.6. The zero-order valence-corrected chi connectivity index (χ0v) is 37.0. The molecule has 5 aliphatic carbocycles. The van der Waals surface area contributed by atoms with Crippen LogP contribution >= 0.6 is 11.6 Å². The zero-order valence-electron chi connectivity index (χ0n) is 36.2. The SMILES string of the molecule is CC=C1CC2(Cc3nnc(C4=NCC(Cl)C=C4)n3C)CC[C@]3(C)C(C)(CC[C@@H]4C5(C)CCC(OCCC(C)(C)C(=O)O)C(C)(C)[C@@H]5CCC43C)C2=C1C(C)C. The van der Waals surface area contributed by atoms with Gasteiger partial charge in [0.05, 0.1) is 23.4 Å². The van der Waals surface area contributed by atoms with Crippen LogP contribution in [0.15, 0.2) is 39.9 Å². The average Bonchev–Trinajstić information content (AvgIpc) is 3.65. The second-order valence-corrected chi connectivity index (χ2v) is 22.0. The average molecular weight is 776 g/mol. The number of rotatable bonds is 9. The molecule has 4 saturated carbocycles. The van der Waals surface area contributed by atoms with Crippen molar-refractivity contribution in [2.75, 3.05) is 13.2 Å². The molecule has 0 bridgehead atoms. The first kappa shape index (κ1) is 40.9. The Morgan fingerprint density at radius 3 is 2.38 bits per heavy atom. The summed E-state index contributed by atoms with van der Waals surface area (Å²) in [5, 5.41) is 19.3. The minimum atomic E-state index is -0.770. The maximum atomic E-state index is 11.8. The molecule has 9 atom stereocenters. The summed E-state index contributed by atoms with van der Waals surface area (Å²) in [6.45, 7) is 27.6. The van der Waals surface area contributed by atoms with Gasteiger partial charge in [-0.25, -0.2) is 0 Å². The van der Waals surface area contributed by atoms with Gasteiger partial charge in [-0.1, -0.05) is 73.1 Å². The predicted octanol–water partition coefficient (Wildman–Crippen LogP) is 11.0. The Morgan fingerprint density at radius 2 is 1.75 bits per heavy atom. The van der Waals surface area contributed by atoms with Gasteiger partial charge in [0.15, 0.2) is 5.82 Å². The Hall–Kier alpha value is -2.25. The van der Waals surface area contributed by atoms with Crippen LogP contribution in [0.5, 0.6) is 0 Å². The van der Waals surface area contributed by atoms with E-state index in [1.165, 1.54) is 44.9 Å². The molecule has 7 rings (SSSR count).